The van der Waals surface area contributed by atoms with Crippen LogP contribution in [-0.2, 0) is 11.3 Å². The SMILES string of the molecule is CC(C)(C)OC(=O)NNC(=O)c1ccc(Cn2c(C(=O)O)c(-c3ccccc3)c3cc(Br)ccc3c2=O)cc1. The van der Waals surface area contributed by atoms with E-state index in [1.54, 1.807) is 63.2 Å². The van der Waals surface area contributed by atoms with E-state index in [0.717, 1.165) is 4.47 Å². The smallest absolute Gasteiger partial charge is 0.426 e. The van der Waals surface area contributed by atoms with Crippen molar-refractivity contribution >= 4 is 44.7 Å². The van der Waals surface area contributed by atoms with E-state index >= 15 is 0 Å². The van der Waals surface area contributed by atoms with E-state index in [-0.39, 0.29) is 17.8 Å². The molecule has 0 aliphatic heterocycles. The summed E-state index contributed by atoms with van der Waals surface area (Å²) >= 11 is 3.43. The third-order valence-corrected chi connectivity index (χ3v) is 6.23. The van der Waals surface area contributed by atoms with Crippen molar-refractivity contribution in [2.45, 2.75) is 32.9 Å². The lowest BCUT2D eigenvalue weighted by atomic mass is 9.96. The summed E-state index contributed by atoms with van der Waals surface area (Å²) in [5.41, 5.74) is 5.10. The molecule has 3 N–H and O–H groups in total. The highest BCUT2D eigenvalue weighted by atomic mass is 79.9. The molecule has 9 nitrogen and oxygen atoms in total. The van der Waals surface area contributed by atoms with Gasteiger partial charge in [0, 0.05) is 21.0 Å². The number of aromatic nitrogens is 1. The van der Waals surface area contributed by atoms with Crippen LogP contribution in [0.1, 0.15) is 47.2 Å². The average molecular weight is 592 g/mol. The maximum absolute atomic E-state index is 13.5. The monoisotopic (exact) mass is 591 g/mol. The number of pyridine rings is 1. The van der Waals surface area contributed by atoms with Crippen molar-refractivity contribution < 1.29 is 24.2 Å². The standard InChI is InChI=1S/C29H26BrN3O6/c1-29(2,3)39-28(38)32-31-25(34)19-11-9-17(10-12-19)16-33-24(27(36)37)23(18-7-5-4-6-8-18)22-15-20(30)13-14-21(22)26(33)35/h4-15H,16H2,1-3H3,(H,31,34)(H,32,38)(H,36,37). The summed E-state index contributed by atoms with van der Waals surface area (Å²) in [7, 11) is 0. The molecule has 0 saturated heterocycles. The molecule has 3 aromatic carbocycles. The van der Waals surface area contributed by atoms with Crippen molar-refractivity contribution in [2.75, 3.05) is 0 Å². The molecule has 0 saturated carbocycles. The number of carbonyl (C=O) groups excluding carboxylic acids is 2. The number of carboxylic acids is 1. The lowest BCUT2D eigenvalue weighted by Crippen LogP contribution is -2.44. The van der Waals surface area contributed by atoms with E-state index in [1.165, 1.54) is 16.7 Å². The Morgan fingerprint density at radius 1 is 0.923 bits per heavy atom. The van der Waals surface area contributed by atoms with Crippen molar-refractivity contribution in [2.24, 2.45) is 0 Å². The number of rotatable bonds is 5. The molecule has 2 amide bonds. The first-order chi connectivity index (χ1) is 18.4. The zero-order chi connectivity index (χ0) is 28.3. The van der Waals surface area contributed by atoms with Gasteiger partial charge < -0.3 is 9.84 Å². The highest BCUT2D eigenvalue weighted by molar-refractivity contribution is 9.10. The number of amides is 2. The number of hydrogen-bond acceptors (Lipinski definition) is 5. The van der Waals surface area contributed by atoms with E-state index in [2.05, 4.69) is 26.8 Å². The number of carbonyl (C=O) groups is 3. The number of hydrogen-bond donors (Lipinski definition) is 3. The van der Waals surface area contributed by atoms with Gasteiger partial charge in [0.05, 0.1) is 6.54 Å². The number of ether oxygens (including phenoxy) is 1. The van der Waals surface area contributed by atoms with E-state index in [4.69, 9.17) is 4.74 Å². The Kier molecular flexibility index (Phi) is 7.87. The van der Waals surface area contributed by atoms with E-state index < -0.39 is 29.1 Å². The zero-order valence-corrected chi connectivity index (χ0v) is 23.0. The van der Waals surface area contributed by atoms with Gasteiger partial charge in [-0.1, -0.05) is 58.4 Å². The molecule has 0 aliphatic rings. The van der Waals surface area contributed by atoms with Gasteiger partial charge in [0.2, 0.25) is 0 Å². The normalized spacial score (nSPS) is 11.2. The second-order valence-corrected chi connectivity index (χ2v) is 10.7. The van der Waals surface area contributed by atoms with Gasteiger partial charge in [0.25, 0.3) is 11.5 Å². The highest BCUT2D eigenvalue weighted by Crippen LogP contribution is 2.32. The first kappa shape index (κ1) is 27.6. The third kappa shape index (κ3) is 6.35. The van der Waals surface area contributed by atoms with Gasteiger partial charge in [-0.2, -0.15) is 0 Å². The van der Waals surface area contributed by atoms with Crippen LogP contribution in [0.15, 0.2) is 82.1 Å². The van der Waals surface area contributed by atoms with Crippen LogP contribution in [0.5, 0.6) is 0 Å². The summed E-state index contributed by atoms with van der Waals surface area (Å²) in [6.45, 7) is 5.06. The maximum atomic E-state index is 13.5. The number of halogens is 1. The Hall–Kier alpha value is -4.44. The molecule has 4 rings (SSSR count). The van der Waals surface area contributed by atoms with Gasteiger partial charge >= 0.3 is 12.1 Å². The molecule has 0 fully saturated rings. The van der Waals surface area contributed by atoms with Gasteiger partial charge in [-0.05, 0) is 67.6 Å². The Labute approximate surface area is 232 Å². The fraction of sp³-hybridized carbons (Fsp3) is 0.172. The summed E-state index contributed by atoms with van der Waals surface area (Å²) in [5.74, 6) is -1.81. The van der Waals surface area contributed by atoms with E-state index in [0.29, 0.717) is 27.5 Å². The molecular formula is C29H26BrN3O6. The predicted molar refractivity (Wildman–Crippen MR) is 151 cm³/mol. The van der Waals surface area contributed by atoms with Crippen LogP contribution in [-0.4, -0.2) is 33.2 Å². The lowest BCUT2D eigenvalue weighted by Gasteiger charge is -2.19. The van der Waals surface area contributed by atoms with Crippen LogP contribution in [0, 0.1) is 0 Å². The topological polar surface area (TPSA) is 127 Å². The lowest BCUT2D eigenvalue weighted by molar-refractivity contribution is 0.0483. The number of benzene rings is 3. The van der Waals surface area contributed by atoms with Gasteiger partial charge in [0.1, 0.15) is 11.3 Å². The number of carboxylic acid groups (broad SMARTS) is 1. The Morgan fingerprint density at radius 3 is 2.21 bits per heavy atom. The fourth-order valence-corrected chi connectivity index (χ4v) is 4.48. The fourth-order valence-electron chi connectivity index (χ4n) is 4.12. The van der Waals surface area contributed by atoms with Gasteiger partial charge in [-0.25, -0.2) is 15.0 Å². The van der Waals surface area contributed by atoms with Crippen LogP contribution in [0.3, 0.4) is 0 Å². The average Bonchev–Trinajstić information content (AvgIpc) is 2.88. The van der Waals surface area contributed by atoms with Crippen molar-refractivity contribution in [1.82, 2.24) is 15.4 Å². The quantitative estimate of drug-likeness (QED) is 0.269. The number of aromatic carboxylic acids is 1. The molecule has 0 unspecified atom stereocenters. The molecule has 0 aliphatic carbocycles. The molecule has 4 aromatic rings. The van der Waals surface area contributed by atoms with Crippen molar-refractivity contribution in [3.63, 3.8) is 0 Å². The molecule has 39 heavy (non-hydrogen) atoms. The number of hydrazine groups is 1. The minimum atomic E-state index is -1.24. The first-order valence-electron chi connectivity index (χ1n) is 12.0. The Balaban J connectivity index is 1.69. The molecule has 10 heteroatoms. The van der Waals surface area contributed by atoms with E-state index in [9.17, 15) is 24.3 Å². The van der Waals surface area contributed by atoms with Crippen molar-refractivity contribution in [3.05, 3.63) is 104 Å². The van der Waals surface area contributed by atoms with Crippen LogP contribution in [0.2, 0.25) is 0 Å². The number of fused-ring (bicyclic) bond motifs is 1. The molecule has 0 spiro atoms. The largest absolute Gasteiger partial charge is 0.477 e. The Morgan fingerprint density at radius 2 is 1.59 bits per heavy atom. The van der Waals surface area contributed by atoms with Crippen molar-refractivity contribution in [3.8, 4) is 11.1 Å². The Bertz CT molecular complexity index is 1620. The molecule has 1 aromatic heterocycles. The molecule has 0 radical (unpaired) electrons. The zero-order valence-electron chi connectivity index (χ0n) is 21.4. The predicted octanol–water partition coefficient (Wildman–Crippen LogP) is 5.35. The van der Waals surface area contributed by atoms with Gasteiger partial charge in [0.15, 0.2) is 0 Å². The summed E-state index contributed by atoms with van der Waals surface area (Å²) in [5, 5.41) is 11.2. The van der Waals surface area contributed by atoms with Crippen LogP contribution >= 0.6 is 15.9 Å². The second-order valence-electron chi connectivity index (χ2n) is 9.75. The van der Waals surface area contributed by atoms with E-state index in [1.807, 2.05) is 18.2 Å². The number of nitrogens with one attached hydrogen (secondary N) is 2. The highest BCUT2D eigenvalue weighted by Gasteiger charge is 2.23. The number of nitrogens with zero attached hydrogens (tertiary/aromatic N) is 1. The van der Waals surface area contributed by atoms with Crippen LogP contribution in [0.25, 0.3) is 21.9 Å². The van der Waals surface area contributed by atoms with Crippen molar-refractivity contribution in [1.29, 1.82) is 0 Å². The molecular weight excluding hydrogens is 566 g/mol. The molecule has 200 valence electrons. The minimum absolute atomic E-state index is 0.0373. The van der Waals surface area contributed by atoms with Crippen LogP contribution < -0.4 is 16.4 Å². The first-order valence-corrected chi connectivity index (χ1v) is 12.8. The molecule has 0 bridgehead atoms. The summed E-state index contributed by atoms with van der Waals surface area (Å²) in [4.78, 5) is 50.3. The van der Waals surface area contributed by atoms with Gasteiger partial charge in [-0.15, -0.1) is 0 Å². The third-order valence-electron chi connectivity index (χ3n) is 5.73. The summed E-state index contributed by atoms with van der Waals surface area (Å²) in [6.07, 6.45) is -0.800. The second kappa shape index (κ2) is 11.1. The van der Waals surface area contributed by atoms with Gasteiger partial charge in [-0.3, -0.25) is 19.6 Å². The minimum Gasteiger partial charge on any atom is -0.477 e. The summed E-state index contributed by atoms with van der Waals surface area (Å²) < 4.78 is 7.04. The summed E-state index contributed by atoms with van der Waals surface area (Å²) in [6, 6.07) is 20.5. The molecule has 0 atom stereocenters. The molecule has 1 heterocycles. The van der Waals surface area contributed by atoms with Crippen LogP contribution in [0.4, 0.5) is 4.79 Å². The maximum Gasteiger partial charge on any atom is 0.426 e.